The summed E-state index contributed by atoms with van der Waals surface area (Å²) in [7, 11) is -3.73. The minimum atomic E-state index is -3.73. The first-order valence-electron chi connectivity index (χ1n) is 4.36. The van der Waals surface area contributed by atoms with Crippen LogP contribution >= 0.6 is 0 Å². The first-order chi connectivity index (χ1) is 7.44. The minimum Gasteiger partial charge on any atom is -0.268 e. The lowest BCUT2D eigenvalue weighted by Gasteiger charge is -2.04. The van der Waals surface area contributed by atoms with Crippen LogP contribution in [0.2, 0.25) is 0 Å². The molecule has 0 saturated heterocycles. The monoisotopic (exact) mass is 243 g/mol. The molecule has 86 valence electrons. The van der Waals surface area contributed by atoms with Gasteiger partial charge in [-0.05, 0) is 18.2 Å². The van der Waals surface area contributed by atoms with E-state index in [-0.39, 0.29) is 11.3 Å². The summed E-state index contributed by atoms with van der Waals surface area (Å²) in [6, 6.07) is 4.76. The van der Waals surface area contributed by atoms with E-state index in [1.807, 2.05) is 0 Å². The molecule has 1 amide bonds. The molecule has 0 radical (unpaired) electrons. The fraction of sp³-hybridized carbons (Fsp3) is 0.100. The van der Waals surface area contributed by atoms with E-state index < -0.39 is 21.7 Å². The lowest BCUT2D eigenvalue weighted by molar-refractivity contribution is 0.0981. The van der Waals surface area contributed by atoms with Crippen molar-refractivity contribution in [3.63, 3.8) is 0 Å². The van der Waals surface area contributed by atoms with Gasteiger partial charge in [-0.15, -0.1) is 6.58 Å². The Labute approximate surface area is 92.8 Å². The van der Waals surface area contributed by atoms with Crippen LogP contribution in [0.1, 0.15) is 10.4 Å². The molecule has 1 aromatic carbocycles. The molecule has 0 aliphatic carbocycles. The van der Waals surface area contributed by atoms with Crippen LogP contribution in [-0.2, 0) is 10.0 Å². The van der Waals surface area contributed by atoms with E-state index in [9.17, 15) is 17.6 Å². The molecule has 1 N–H and O–H groups in total. The standard InChI is InChI=1S/C10H10FNO3S/c1-2-6-16(14,15)12-10(13)8-4-3-5-9(11)7-8/h2-5,7H,1,6H2,(H,12,13). The van der Waals surface area contributed by atoms with E-state index in [1.165, 1.54) is 12.1 Å². The van der Waals surface area contributed by atoms with Gasteiger partial charge >= 0.3 is 0 Å². The fourth-order valence-electron chi connectivity index (χ4n) is 1.03. The number of amides is 1. The SMILES string of the molecule is C=CCS(=O)(=O)NC(=O)c1cccc(F)c1. The van der Waals surface area contributed by atoms with Crippen LogP contribution in [-0.4, -0.2) is 20.1 Å². The highest BCUT2D eigenvalue weighted by molar-refractivity contribution is 7.90. The van der Waals surface area contributed by atoms with Crippen LogP contribution in [0.3, 0.4) is 0 Å². The van der Waals surface area contributed by atoms with E-state index in [0.717, 1.165) is 18.2 Å². The average molecular weight is 243 g/mol. The van der Waals surface area contributed by atoms with Crippen LogP contribution < -0.4 is 4.72 Å². The molecule has 0 aromatic heterocycles. The third-order valence-electron chi connectivity index (χ3n) is 1.67. The Bertz CT molecular complexity index is 511. The van der Waals surface area contributed by atoms with Crippen LogP contribution in [0.15, 0.2) is 36.9 Å². The van der Waals surface area contributed by atoms with Crippen molar-refractivity contribution in [1.29, 1.82) is 0 Å². The lowest BCUT2D eigenvalue weighted by Crippen LogP contribution is -2.32. The number of benzene rings is 1. The topological polar surface area (TPSA) is 63.2 Å². The van der Waals surface area contributed by atoms with Gasteiger partial charge in [-0.2, -0.15) is 0 Å². The highest BCUT2D eigenvalue weighted by Gasteiger charge is 2.14. The molecule has 0 atom stereocenters. The molecule has 16 heavy (non-hydrogen) atoms. The van der Waals surface area contributed by atoms with E-state index in [1.54, 1.807) is 4.72 Å². The van der Waals surface area contributed by atoms with Crippen LogP contribution in [0.25, 0.3) is 0 Å². The Morgan fingerprint density at radius 3 is 2.75 bits per heavy atom. The van der Waals surface area contributed by atoms with Gasteiger partial charge in [-0.1, -0.05) is 12.1 Å². The summed E-state index contributed by atoms with van der Waals surface area (Å²) in [6.07, 6.45) is 1.15. The maximum atomic E-state index is 12.8. The van der Waals surface area contributed by atoms with Gasteiger partial charge in [0.15, 0.2) is 0 Å². The third kappa shape index (κ3) is 3.47. The third-order valence-corrected chi connectivity index (χ3v) is 2.84. The second-order valence-corrected chi connectivity index (χ2v) is 4.78. The molecule has 0 aliphatic heterocycles. The van der Waals surface area contributed by atoms with E-state index in [0.29, 0.717) is 0 Å². The van der Waals surface area contributed by atoms with E-state index >= 15 is 0 Å². The second kappa shape index (κ2) is 4.89. The molecule has 6 heteroatoms. The molecule has 0 aliphatic rings. The molecule has 4 nitrogen and oxygen atoms in total. The van der Waals surface area contributed by atoms with Crippen molar-refractivity contribution in [2.45, 2.75) is 0 Å². The predicted octanol–water partition coefficient (Wildman–Crippen LogP) is 1.07. The average Bonchev–Trinajstić information content (AvgIpc) is 2.16. The second-order valence-electron chi connectivity index (χ2n) is 3.01. The van der Waals surface area contributed by atoms with Gasteiger partial charge in [0.2, 0.25) is 10.0 Å². The summed E-state index contributed by atoms with van der Waals surface area (Å²) in [6.45, 7) is 3.25. The van der Waals surface area contributed by atoms with Crippen molar-refractivity contribution in [3.8, 4) is 0 Å². The number of hydrogen-bond acceptors (Lipinski definition) is 3. The summed E-state index contributed by atoms with van der Waals surface area (Å²) >= 11 is 0. The van der Waals surface area contributed by atoms with Crippen LogP contribution in [0.5, 0.6) is 0 Å². The number of nitrogens with one attached hydrogen (secondary N) is 1. The van der Waals surface area contributed by atoms with Crippen molar-refractivity contribution >= 4 is 15.9 Å². The number of halogens is 1. The number of hydrogen-bond donors (Lipinski definition) is 1. The summed E-state index contributed by atoms with van der Waals surface area (Å²) in [5, 5.41) is 0. The van der Waals surface area contributed by atoms with Crippen molar-refractivity contribution in [2.24, 2.45) is 0 Å². The summed E-state index contributed by atoms with van der Waals surface area (Å²) < 4.78 is 37.0. The lowest BCUT2D eigenvalue weighted by atomic mass is 10.2. The van der Waals surface area contributed by atoms with Gasteiger partial charge in [-0.25, -0.2) is 17.5 Å². The molecule has 0 bridgehead atoms. The van der Waals surface area contributed by atoms with Gasteiger partial charge in [0, 0.05) is 5.56 Å². The highest BCUT2D eigenvalue weighted by Crippen LogP contribution is 2.03. The Kier molecular flexibility index (Phi) is 3.78. The van der Waals surface area contributed by atoms with Crippen LogP contribution in [0, 0.1) is 5.82 Å². The molecular formula is C10H10FNO3S. The summed E-state index contributed by atoms with van der Waals surface area (Å²) in [5.74, 6) is -1.83. The fourth-order valence-corrected chi connectivity index (χ4v) is 1.82. The molecule has 0 spiro atoms. The van der Waals surface area contributed by atoms with Crippen molar-refractivity contribution < 1.29 is 17.6 Å². The molecule has 1 aromatic rings. The van der Waals surface area contributed by atoms with E-state index in [4.69, 9.17) is 0 Å². The highest BCUT2D eigenvalue weighted by atomic mass is 32.2. The number of carbonyl (C=O) groups is 1. The Morgan fingerprint density at radius 2 is 2.19 bits per heavy atom. The zero-order chi connectivity index (χ0) is 12.2. The van der Waals surface area contributed by atoms with Gasteiger partial charge in [-0.3, -0.25) is 4.79 Å². The first kappa shape index (κ1) is 12.4. The maximum absolute atomic E-state index is 12.8. The molecule has 0 fully saturated rings. The predicted molar refractivity (Wildman–Crippen MR) is 57.9 cm³/mol. The van der Waals surface area contributed by atoms with Gasteiger partial charge in [0.25, 0.3) is 5.91 Å². The Balaban J connectivity index is 2.85. The molecule has 0 heterocycles. The number of sulfonamides is 1. The number of carbonyl (C=O) groups excluding carboxylic acids is 1. The largest absolute Gasteiger partial charge is 0.268 e. The smallest absolute Gasteiger partial charge is 0.264 e. The zero-order valence-corrected chi connectivity index (χ0v) is 9.13. The van der Waals surface area contributed by atoms with Gasteiger partial charge in [0.05, 0.1) is 5.75 Å². The summed E-state index contributed by atoms with van der Waals surface area (Å²) in [5.41, 5.74) is -0.0485. The summed E-state index contributed by atoms with van der Waals surface area (Å²) in [4.78, 5) is 11.4. The van der Waals surface area contributed by atoms with E-state index in [2.05, 4.69) is 6.58 Å². The normalized spacial score (nSPS) is 10.8. The Hall–Kier alpha value is -1.69. The minimum absolute atomic E-state index is 0.0485. The maximum Gasteiger partial charge on any atom is 0.264 e. The van der Waals surface area contributed by atoms with Crippen molar-refractivity contribution in [1.82, 2.24) is 4.72 Å². The van der Waals surface area contributed by atoms with Crippen LogP contribution in [0.4, 0.5) is 4.39 Å². The molecule has 0 unspecified atom stereocenters. The van der Waals surface area contributed by atoms with Gasteiger partial charge in [0.1, 0.15) is 5.82 Å². The molecule has 0 saturated carbocycles. The van der Waals surface area contributed by atoms with Gasteiger partial charge < -0.3 is 0 Å². The zero-order valence-electron chi connectivity index (χ0n) is 8.31. The number of rotatable bonds is 4. The Morgan fingerprint density at radius 1 is 1.50 bits per heavy atom. The molecule has 1 rings (SSSR count). The molecular weight excluding hydrogens is 233 g/mol. The quantitative estimate of drug-likeness (QED) is 0.804. The first-order valence-corrected chi connectivity index (χ1v) is 6.01. The van der Waals surface area contributed by atoms with Crippen molar-refractivity contribution in [3.05, 3.63) is 48.3 Å². The van der Waals surface area contributed by atoms with Crippen molar-refractivity contribution in [2.75, 3.05) is 5.75 Å².